The van der Waals surface area contributed by atoms with Crippen molar-refractivity contribution in [2.24, 2.45) is 0 Å². The van der Waals surface area contributed by atoms with Crippen LogP contribution < -0.4 is 5.32 Å². The first-order valence-corrected chi connectivity index (χ1v) is 10.3. The average molecular weight is 383 g/mol. The summed E-state index contributed by atoms with van der Waals surface area (Å²) in [5.41, 5.74) is 4.40. The number of nitrogens with one attached hydrogen (secondary N) is 1. The first-order chi connectivity index (χ1) is 13.4. The second-order valence-electron chi connectivity index (χ2n) is 8.47. The lowest BCUT2D eigenvalue weighted by Gasteiger charge is -2.25. The van der Waals surface area contributed by atoms with Crippen molar-refractivity contribution in [3.8, 4) is 11.1 Å². The fourth-order valence-electron chi connectivity index (χ4n) is 3.99. The summed E-state index contributed by atoms with van der Waals surface area (Å²) in [5.74, 6) is 1.03. The maximum atomic E-state index is 9.91. The van der Waals surface area contributed by atoms with Crippen LogP contribution in [-0.2, 0) is 0 Å². The molecule has 3 aromatic rings. The van der Waals surface area contributed by atoms with Gasteiger partial charge in [-0.15, -0.1) is 5.10 Å². The van der Waals surface area contributed by atoms with Crippen molar-refractivity contribution in [1.29, 1.82) is 0 Å². The summed E-state index contributed by atoms with van der Waals surface area (Å²) in [7, 11) is 0. The number of aromatic nitrogens is 5. The smallest absolute Gasteiger partial charge is 0.241 e. The van der Waals surface area contributed by atoms with Crippen LogP contribution >= 0.6 is 0 Å². The van der Waals surface area contributed by atoms with Gasteiger partial charge in [-0.25, -0.2) is 9.50 Å². The van der Waals surface area contributed by atoms with Gasteiger partial charge in [-0.3, -0.25) is 4.68 Å². The summed E-state index contributed by atoms with van der Waals surface area (Å²) in [6, 6.07) is 2.83. The maximum absolute atomic E-state index is 9.91. The third-order valence-corrected chi connectivity index (χ3v) is 5.52. The second-order valence-corrected chi connectivity index (χ2v) is 8.47. The minimum atomic E-state index is -0.168. The monoisotopic (exact) mass is 382 g/mol. The molecule has 3 heterocycles. The van der Waals surface area contributed by atoms with Gasteiger partial charge in [0, 0.05) is 41.0 Å². The third kappa shape index (κ3) is 3.63. The Labute approximate surface area is 165 Å². The summed E-state index contributed by atoms with van der Waals surface area (Å²) < 4.78 is 4.02. The maximum Gasteiger partial charge on any atom is 0.241 e. The van der Waals surface area contributed by atoms with Crippen molar-refractivity contribution < 1.29 is 5.11 Å². The van der Waals surface area contributed by atoms with E-state index in [1.165, 1.54) is 5.69 Å². The lowest BCUT2D eigenvalue weighted by Crippen LogP contribution is -2.19. The topological polar surface area (TPSA) is 80.3 Å². The molecule has 7 heteroatoms. The molecule has 1 saturated carbocycles. The standard InChI is InChI=1S/C21H30N6O/c1-13(2)24-21-22-11-20-18(16-10-23-26(12-16)14(3)4)9-19(27(20)25-21)15-5-7-17(28)8-6-15/h9-15,17,28H,5-8H2,1-4H3,(H,24,25)/t15-,17-. The Bertz CT molecular complexity index is 949. The first-order valence-electron chi connectivity index (χ1n) is 10.3. The van der Waals surface area contributed by atoms with Crippen molar-refractivity contribution >= 4 is 11.5 Å². The summed E-state index contributed by atoms with van der Waals surface area (Å²) in [6.45, 7) is 8.41. The molecule has 0 saturated heterocycles. The van der Waals surface area contributed by atoms with Crippen LogP contribution in [0.4, 0.5) is 5.95 Å². The fraction of sp³-hybridized carbons (Fsp3) is 0.571. The molecule has 0 unspecified atom stereocenters. The predicted molar refractivity (Wildman–Crippen MR) is 111 cm³/mol. The Morgan fingerprint density at radius 1 is 1.11 bits per heavy atom. The minimum absolute atomic E-state index is 0.168. The molecule has 4 rings (SSSR count). The van der Waals surface area contributed by atoms with E-state index < -0.39 is 0 Å². The third-order valence-electron chi connectivity index (χ3n) is 5.52. The summed E-state index contributed by atoms with van der Waals surface area (Å²) >= 11 is 0. The molecule has 1 aliphatic rings. The van der Waals surface area contributed by atoms with Crippen LogP contribution in [0, 0.1) is 0 Å². The van der Waals surface area contributed by atoms with Crippen LogP contribution in [0.2, 0.25) is 0 Å². The zero-order valence-corrected chi connectivity index (χ0v) is 17.1. The molecule has 3 aromatic heterocycles. The number of hydrogen-bond acceptors (Lipinski definition) is 5. The summed E-state index contributed by atoms with van der Waals surface area (Å²) in [6.07, 6.45) is 9.41. The van der Waals surface area contributed by atoms with Gasteiger partial charge in [0.2, 0.25) is 5.95 Å². The molecule has 1 aliphatic carbocycles. The van der Waals surface area contributed by atoms with Gasteiger partial charge >= 0.3 is 0 Å². The molecule has 28 heavy (non-hydrogen) atoms. The molecule has 0 amide bonds. The van der Waals surface area contributed by atoms with Crippen molar-refractivity contribution in [1.82, 2.24) is 24.4 Å². The summed E-state index contributed by atoms with van der Waals surface area (Å²) in [5, 5.41) is 22.5. The van der Waals surface area contributed by atoms with Crippen LogP contribution in [0.1, 0.15) is 71.0 Å². The highest BCUT2D eigenvalue weighted by Gasteiger charge is 2.26. The molecule has 0 bridgehead atoms. The average Bonchev–Trinajstić information content (AvgIpc) is 3.26. The zero-order chi connectivity index (χ0) is 19.8. The molecular weight excluding hydrogens is 352 g/mol. The number of rotatable bonds is 5. The highest BCUT2D eigenvalue weighted by atomic mass is 16.3. The molecule has 1 fully saturated rings. The van der Waals surface area contributed by atoms with Crippen molar-refractivity contribution in [2.75, 3.05) is 5.32 Å². The minimum Gasteiger partial charge on any atom is -0.393 e. The van der Waals surface area contributed by atoms with E-state index in [9.17, 15) is 5.11 Å². The van der Waals surface area contributed by atoms with Crippen LogP contribution in [0.3, 0.4) is 0 Å². The number of fused-ring (bicyclic) bond motifs is 1. The van der Waals surface area contributed by atoms with E-state index in [0.717, 1.165) is 42.3 Å². The first kappa shape index (κ1) is 18.9. The van der Waals surface area contributed by atoms with E-state index in [4.69, 9.17) is 5.10 Å². The summed E-state index contributed by atoms with van der Waals surface area (Å²) in [4.78, 5) is 4.54. The number of anilines is 1. The largest absolute Gasteiger partial charge is 0.393 e. The normalized spacial score (nSPS) is 20.4. The number of hydrogen-bond donors (Lipinski definition) is 2. The number of aliphatic hydroxyl groups is 1. The van der Waals surface area contributed by atoms with Crippen molar-refractivity contribution in [3.05, 3.63) is 30.4 Å². The van der Waals surface area contributed by atoms with Gasteiger partial charge in [0.1, 0.15) is 0 Å². The molecular formula is C21H30N6O. The van der Waals surface area contributed by atoms with Crippen molar-refractivity contribution in [2.45, 2.75) is 77.5 Å². The van der Waals surface area contributed by atoms with Gasteiger partial charge in [-0.2, -0.15) is 5.10 Å². The molecule has 150 valence electrons. The molecule has 7 nitrogen and oxygen atoms in total. The van der Waals surface area contributed by atoms with Crippen LogP contribution in [0.25, 0.3) is 16.6 Å². The molecule has 2 N–H and O–H groups in total. The molecule has 0 spiro atoms. The van der Waals surface area contributed by atoms with Crippen LogP contribution in [-0.4, -0.2) is 41.6 Å². The van der Waals surface area contributed by atoms with E-state index in [-0.39, 0.29) is 12.1 Å². The van der Waals surface area contributed by atoms with E-state index in [1.807, 2.05) is 21.6 Å². The van der Waals surface area contributed by atoms with Gasteiger partial charge in [-0.05, 0) is 59.4 Å². The number of nitrogens with zero attached hydrogens (tertiary/aromatic N) is 5. The van der Waals surface area contributed by atoms with Crippen molar-refractivity contribution in [3.63, 3.8) is 0 Å². The molecule has 0 atom stereocenters. The number of aliphatic hydroxyl groups excluding tert-OH is 1. The van der Waals surface area contributed by atoms with Gasteiger partial charge in [0.25, 0.3) is 0 Å². The van der Waals surface area contributed by atoms with Crippen LogP contribution in [0.5, 0.6) is 0 Å². The zero-order valence-electron chi connectivity index (χ0n) is 17.1. The highest BCUT2D eigenvalue weighted by Crippen LogP contribution is 2.37. The molecule has 0 aliphatic heterocycles. The predicted octanol–water partition coefficient (Wildman–Crippen LogP) is 4.01. The van der Waals surface area contributed by atoms with E-state index >= 15 is 0 Å². The van der Waals surface area contributed by atoms with E-state index in [0.29, 0.717) is 17.9 Å². The second kappa shape index (κ2) is 7.54. The Hall–Kier alpha value is -2.41. The van der Waals surface area contributed by atoms with Gasteiger partial charge in [0.15, 0.2) is 0 Å². The Morgan fingerprint density at radius 3 is 2.50 bits per heavy atom. The lowest BCUT2D eigenvalue weighted by molar-refractivity contribution is 0.121. The Morgan fingerprint density at radius 2 is 1.86 bits per heavy atom. The van der Waals surface area contributed by atoms with Gasteiger partial charge in [0.05, 0.1) is 24.0 Å². The van der Waals surface area contributed by atoms with Gasteiger partial charge < -0.3 is 10.4 Å². The Balaban J connectivity index is 1.81. The van der Waals surface area contributed by atoms with E-state index in [1.54, 1.807) is 0 Å². The fourth-order valence-corrected chi connectivity index (χ4v) is 3.99. The molecule has 0 aromatic carbocycles. The van der Waals surface area contributed by atoms with Gasteiger partial charge in [-0.1, -0.05) is 0 Å². The highest BCUT2D eigenvalue weighted by molar-refractivity contribution is 5.81. The van der Waals surface area contributed by atoms with E-state index in [2.05, 4.69) is 55.4 Å². The quantitative estimate of drug-likeness (QED) is 0.697. The lowest BCUT2D eigenvalue weighted by atomic mass is 9.85. The SMILES string of the molecule is CC(C)Nc1ncc2c(-c3cnn(C(C)C)c3)cc([C@H]3CC[C@H](O)CC3)n2n1. The van der Waals surface area contributed by atoms with Crippen LogP contribution in [0.15, 0.2) is 24.7 Å². The Kier molecular flexibility index (Phi) is 5.10. The molecule has 0 radical (unpaired) electrons.